The lowest BCUT2D eigenvalue weighted by molar-refractivity contribution is -0.139. The van der Waals surface area contributed by atoms with Crippen LogP contribution in [0.4, 0.5) is 0 Å². The summed E-state index contributed by atoms with van der Waals surface area (Å²) in [6, 6.07) is 11.2. The van der Waals surface area contributed by atoms with Gasteiger partial charge in [0, 0.05) is 35.0 Å². The topological polar surface area (TPSA) is 92.3 Å². The van der Waals surface area contributed by atoms with Crippen molar-refractivity contribution in [1.29, 1.82) is 0 Å². The standard InChI is InChI=1S/C30H35NO7/c1-7-12-38-30(33)27-17(2)31-22-13-19(18-8-11-24(35-4)26(15-18)37-6)14-23(32)29(22)28(27)21-10-9-20(34-3)16-25(21)36-5/h8-11,15-16,19,28,31H,7,12-14H2,1-6H3. The zero-order valence-electron chi connectivity index (χ0n) is 22.8. The number of rotatable bonds is 9. The molecule has 8 nitrogen and oxygen atoms in total. The maximum atomic E-state index is 13.9. The van der Waals surface area contributed by atoms with Gasteiger partial charge in [-0.25, -0.2) is 4.79 Å². The molecule has 0 saturated carbocycles. The molecule has 1 aliphatic heterocycles. The van der Waals surface area contributed by atoms with Crippen molar-refractivity contribution in [2.75, 3.05) is 35.0 Å². The molecule has 0 amide bonds. The number of dihydropyridines is 1. The van der Waals surface area contributed by atoms with Crippen LogP contribution in [0.15, 0.2) is 58.9 Å². The number of benzene rings is 2. The van der Waals surface area contributed by atoms with E-state index >= 15 is 0 Å². The second kappa shape index (κ2) is 11.6. The molecule has 0 radical (unpaired) electrons. The molecule has 2 unspecified atom stereocenters. The Labute approximate surface area is 223 Å². The average molecular weight is 522 g/mol. The van der Waals surface area contributed by atoms with E-state index in [0.717, 1.165) is 11.3 Å². The van der Waals surface area contributed by atoms with Gasteiger partial charge in [-0.1, -0.05) is 19.1 Å². The molecule has 0 spiro atoms. The minimum atomic E-state index is -0.629. The lowest BCUT2D eigenvalue weighted by Gasteiger charge is -2.37. The number of hydrogen-bond donors (Lipinski definition) is 1. The predicted octanol–water partition coefficient (Wildman–Crippen LogP) is 5.04. The number of ketones is 1. The molecule has 2 atom stereocenters. The molecule has 1 heterocycles. The third-order valence-corrected chi connectivity index (χ3v) is 7.12. The van der Waals surface area contributed by atoms with Crippen LogP contribution in [-0.2, 0) is 14.3 Å². The number of Topliss-reactive ketones (excluding diaryl/α,β-unsaturated/α-hetero) is 1. The Kier molecular flexibility index (Phi) is 8.29. The average Bonchev–Trinajstić information content (AvgIpc) is 2.94. The monoisotopic (exact) mass is 521 g/mol. The maximum absolute atomic E-state index is 13.9. The van der Waals surface area contributed by atoms with Gasteiger partial charge in [0.25, 0.3) is 0 Å². The number of carbonyl (C=O) groups is 2. The van der Waals surface area contributed by atoms with Crippen LogP contribution in [0.3, 0.4) is 0 Å². The molecule has 0 aromatic heterocycles. The number of ether oxygens (including phenoxy) is 5. The highest BCUT2D eigenvalue weighted by atomic mass is 16.5. The van der Waals surface area contributed by atoms with Crippen molar-refractivity contribution in [2.24, 2.45) is 0 Å². The summed E-state index contributed by atoms with van der Waals surface area (Å²) in [6.07, 6.45) is 1.59. The van der Waals surface area contributed by atoms with Crippen molar-refractivity contribution in [3.05, 3.63) is 70.1 Å². The first-order valence-electron chi connectivity index (χ1n) is 12.7. The summed E-state index contributed by atoms with van der Waals surface area (Å²) in [5, 5.41) is 3.38. The fraction of sp³-hybridized carbons (Fsp3) is 0.400. The molecular formula is C30H35NO7. The van der Waals surface area contributed by atoms with Crippen LogP contribution in [0.2, 0.25) is 0 Å². The van der Waals surface area contributed by atoms with Crippen LogP contribution >= 0.6 is 0 Å². The molecule has 1 aliphatic carbocycles. The lowest BCUT2D eigenvalue weighted by atomic mass is 9.71. The molecule has 2 aromatic rings. The van der Waals surface area contributed by atoms with E-state index in [9.17, 15) is 9.59 Å². The van der Waals surface area contributed by atoms with Crippen molar-refractivity contribution < 1.29 is 33.3 Å². The van der Waals surface area contributed by atoms with E-state index in [1.165, 1.54) is 0 Å². The first kappa shape index (κ1) is 27.1. The van der Waals surface area contributed by atoms with Crippen molar-refractivity contribution >= 4 is 11.8 Å². The van der Waals surface area contributed by atoms with Crippen LogP contribution in [-0.4, -0.2) is 46.8 Å². The molecule has 0 fully saturated rings. The number of esters is 1. The molecule has 2 aromatic carbocycles. The highest BCUT2D eigenvalue weighted by molar-refractivity contribution is 6.04. The second-order valence-corrected chi connectivity index (χ2v) is 9.38. The minimum Gasteiger partial charge on any atom is -0.497 e. The van der Waals surface area contributed by atoms with E-state index < -0.39 is 11.9 Å². The Morgan fingerprint density at radius 2 is 1.66 bits per heavy atom. The van der Waals surface area contributed by atoms with E-state index in [2.05, 4.69) is 5.32 Å². The first-order valence-corrected chi connectivity index (χ1v) is 12.7. The van der Waals surface area contributed by atoms with Crippen LogP contribution in [0.5, 0.6) is 23.0 Å². The van der Waals surface area contributed by atoms with Crippen LogP contribution in [0.25, 0.3) is 0 Å². The highest BCUT2D eigenvalue weighted by Crippen LogP contribution is 2.48. The predicted molar refractivity (Wildman–Crippen MR) is 143 cm³/mol. The van der Waals surface area contributed by atoms with Gasteiger partial charge in [-0.05, 0) is 49.4 Å². The molecule has 8 heteroatoms. The maximum Gasteiger partial charge on any atom is 0.336 e. The van der Waals surface area contributed by atoms with Gasteiger partial charge in [-0.15, -0.1) is 0 Å². The zero-order valence-corrected chi connectivity index (χ0v) is 22.8. The normalized spacial score (nSPS) is 18.9. The molecule has 38 heavy (non-hydrogen) atoms. The molecule has 0 bridgehead atoms. The third-order valence-electron chi connectivity index (χ3n) is 7.12. The Hall–Kier alpha value is -3.94. The smallest absolute Gasteiger partial charge is 0.336 e. The third kappa shape index (κ3) is 5.08. The fourth-order valence-corrected chi connectivity index (χ4v) is 5.29. The Bertz CT molecular complexity index is 1290. The second-order valence-electron chi connectivity index (χ2n) is 9.38. The zero-order chi connectivity index (χ0) is 27.4. The largest absolute Gasteiger partial charge is 0.497 e. The van der Waals surface area contributed by atoms with E-state index in [4.69, 9.17) is 23.7 Å². The van der Waals surface area contributed by atoms with E-state index in [1.54, 1.807) is 34.5 Å². The molecule has 1 N–H and O–H groups in total. The molecular weight excluding hydrogens is 486 g/mol. The van der Waals surface area contributed by atoms with Gasteiger partial charge in [0.15, 0.2) is 17.3 Å². The van der Waals surface area contributed by atoms with Gasteiger partial charge in [0.2, 0.25) is 0 Å². The number of carbonyl (C=O) groups excluding carboxylic acids is 2. The number of allylic oxidation sites excluding steroid dienone is 3. The summed E-state index contributed by atoms with van der Waals surface area (Å²) in [5.41, 5.74) is 4.14. The molecule has 2 aliphatic rings. The summed E-state index contributed by atoms with van der Waals surface area (Å²) >= 11 is 0. The number of hydrogen-bond acceptors (Lipinski definition) is 8. The summed E-state index contributed by atoms with van der Waals surface area (Å²) in [4.78, 5) is 27.2. The Morgan fingerprint density at radius 3 is 2.32 bits per heavy atom. The van der Waals surface area contributed by atoms with Gasteiger partial charge >= 0.3 is 5.97 Å². The van der Waals surface area contributed by atoms with Crippen molar-refractivity contribution in [3.8, 4) is 23.0 Å². The number of methoxy groups -OCH3 is 4. The Balaban J connectivity index is 1.81. The first-order chi connectivity index (χ1) is 18.4. The fourth-order valence-electron chi connectivity index (χ4n) is 5.29. The van der Waals surface area contributed by atoms with E-state index in [0.29, 0.717) is 71.3 Å². The quantitative estimate of drug-likeness (QED) is 0.459. The van der Waals surface area contributed by atoms with Gasteiger partial charge in [-0.3, -0.25) is 4.79 Å². The van der Waals surface area contributed by atoms with Crippen molar-refractivity contribution in [2.45, 2.75) is 44.9 Å². The van der Waals surface area contributed by atoms with Gasteiger partial charge < -0.3 is 29.0 Å². The summed E-state index contributed by atoms with van der Waals surface area (Å²) < 4.78 is 27.5. The van der Waals surface area contributed by atoms with Gasteiger partial charge in [-0.2, -0.15) is 0 Å². The van der Waals surface area contributed by atoms with Crippen LogP contribution in [0, 0.1) is 0 Å². The number of nitrogens with one attached hydrogen (secondary N) is 1. The summed E-state index contributed by atoms with van der Waals surface area (Å²) in [7, 11) is 6.33. The van der Waals surface area contributed by atoms with Crippen molar-refractivity contribution in [3.63, 3.8) is 0 Å². The molecule has 4 rings (SSSR count). The Morgan fingerprint density at radius 1 is 0.921 bits per heavy atom. The van der Waals surface area contributed by atoms with Gasteiger partial charge in [0.05, 0.1) is 46.5 Å². The van der Waals surface area contributed by atoms with Gasteiger partial charge in [0.1, 0.15) is 11.5 Å². The van der Waals surface area contributed by atoms with E-state index in [1.807, 2.05) is 44.2 Å². The van der Waals surface area contributed by atoms with Crippen LogP contribution in [0.1, 0.15) is 56.1 Å². The van der Waals surface area contributed by atoms with Crippen molar-refractivity contribution in [1.82, 2.24) is 5.32 Å². The van der Waals surface area contributed by atoms with E-state index in [-0.39, 0.29) is 11.7 Å². The molecule has 202 valence electrons. The summed E-state index contributed by atoms with van der Waals surface area (Å²) in [6.45, 7) is 4.08. The molecule has 0 saturated heterocycles. The highest BCUT2D eigenvalue weighted by Gasteiger charge is 2.42. The summed E-state index contributed by atoms with van der Waals surface area (Å²) in [5.74, 6) is 1.24. The lowest BCUT2D eigenvalue weighted by Crippen LogP contribution is -2.36. The SMILES string of the molecule is CCCOC(=O)C1=C(C)NC2=C(C(=O)CC(c3ccc(OC)c(OC)c3)C2)C1c1ccc(OC)cc1OC. The van der Waals surface area contributed by atoms with Crippen LogP contribution < -0.4 is 24.3 Å². The minimum absolute atomic E-state index is 0.0327.